The molecule has 1 aliphatic rings. The lowest BCUT2D eigenvalue weighted by molar-refractivity contribution is 0.188. The summed E-state index contributed by atoms with van der Waals surface area (Å²) in [6.45, 7) is 8.40. The number of rotatable bonds is 7. The van der Waals surface area contributed by atoms with Gasteiger partial charge in [-0.15, -0.1) is 0 Å². The second-order valence-electron chi connectivity index (χ2n) is 8.04. The van der Waals surface area contributed by atoms with E-state index in [9.17, 15) is 0 Å². The van der Waals surface area contributed by atoms with E-state index in [-0.39, 0.29) is 6.61 Å². The second-order valence-corrected chi connectivity index (χ2v) is 8.04. The third-order valence-corrected chi connectivity index (χ3v) is 5.55. The van der Waals surface area contributed by atoms with Crippen LogP contribution in [0.3, 0.4) is 0 Å². The van der Waals surface area contributed by atoms with Gasteiger partial charge in [0.15, 0.2) is 0 Å². The Morgan fingerprint density at radius 1 is 0.839 bits per heavy atom. The highest BCUT2D eigenvalue weighted by Crippen LogP contribution is 2.19. The van der Waals surface area contributed by atoms with E-state index in [1.54, 1.807) is 0 Å². The smallest absolute Gasteiger partial charge is 0.232 e. The number of benzene rings is 2. The van der Waals surface area contributed by atoms with Crippen molar-refractivity contribution in [3.05, 3.63) is 71.0 Å². The van der Waals surface area contributed by atoms with Gasteiger partial charge < -0.3 is 15.3 Å². The topological polar surface area (TPSA) is 77.4 Å². The van der Waals surface area contributed by atoms with Gasteiger partial charge in [0.25, 0.3) is 0 Å². The first kappa shape index (κ1) is 21.2. The molecule has 1 aliphatic heterocycles. The van der Waals surface area contributed by atoms with Gasteiger partial charge in [-0.25, -0.2) is 0 Å². The van der Waals surface area contributed by atoms with Crippen LogP contribution in [0.5, 0.6) is 0 Å². The van der Waals surface area contributed by atoms with Crippen LogP contribution in [0, 0.1) is 13.8 Å². The molecule has 7 heteroatoms. The molecule has 1 aromatic heterocycles. The van der Waals surface area contributed by atoms with Gasteiger partial charge in [-0.1, -0.05) is 42.0 Å². The van der Waals surface area contributed by atoms with E-state index in [1.165, 1.54) is 16.7 Å². The predicted octanol–water partition coefficient (Wildman–Crippen LogP) is 2.94. The second kappa shape index (κ2) is 9.85. The van der Waals surface area contributed by atoms with E-state index in [4.69, 9.17) is 5.11 Å². The summed E-state index contributed by atoms with van der Waals surface area (Å²) >= 11 is 0. The summed E-state index contributed by atoms with van der Waals surface area (Å²) in [4.78, 5) is 18.1. The van der Waals surface area contributed by atoms with Crippen molar-refractivity contribution in [2.45, 2.75) is 20.3 Å². The molecule has 0 unspecified atom stereocenters. The maximum Gasteiger partial charge on any atom is 0.232 e. The molecule has 0 aliphatic carbocycles. The number of aliphatic hydroxyl groups is 1. The van der Waals surface area contributed by atoms with Crippen molar-refractivity contribution in [1.29, 1.82) is 0 Å². The standard InChI is InChI=1S/C24H30N6O/c1-18-3-5-20(6-4-18)17-21-7-9-22(10-8-21)27-23-25-19(2)26-24(28-23)30-13-11-29(12-14-30)15-16-31/h3-10,31H,11-17H2,1-2H3,(H,25,26,27,28). The van der Waals surface area contributed by atoms with Gasteiger partial charge in [-0.3, -0.25) is 4.90 Å². The summed E-state index contributed by atoms with van der Waals surface area (Å²) in [6, 6.07) is 17.1. The number of hydrogen-bond acceptors (Lipinski definition) is 7. The monoisotopic (exact) mass is 418 g/mol. The van der Waals surface area contributed by atoms with Gasteiger partial charge in [-0.2, -0.15) is 15.0 Å². The molecule has 1 fully saturated rings. The van der Waals surface area contributed by atoms with Crippen molar-refractivity contribution in [1.82, 2.24) is 19.9 Å². The van der Waals surface area contributed by atoms with Gasteiger partial charge in [0, 0.05) is 38.4 Å². The third-order valence-electron chi connectivity index (χ3n) is 5.55. The summed E-state index contributed by atoms with van der Waals surface area (Å²) in [5.74, 6) is 1.96. The average Bonchev–Trinajstić information content (AvgIpc) is 2.77. The van der Waals surface area contributed by atoms with E-state index in [2.05, 4.69) is 85.5 Å². The summed E-state index contributed by atoms with van der Waals surface area (Å²) in [7, 11) is 0. The Labute approximate surface area is 183 Å². The molecular weight excluding hydrogens is 388 g/mol. The van der Waals surface area contributed by atoms with Crippen molar-refractivity contribution in [2.24, 2.45) is 0 Å². The Bertz CT molecular complexity index is 982. The average molecular weight is 419 g/mol. The number of hydrogen-bond donors (Lipinski definition) is 2. The molecule has 0 bridgehead atoms. The first-order valence-corrected chi connectivity index (χ1v) is 10.8. The first-order chi connectivity index (χ1) is 15.1. The first-order valence-electron chi connectivity index (χ1n) is 10.8. The van der Waals surface area contributed by atoms with Crippen LogP contribution in [-0.4, -0.2) is 64.3 Å². The van der Waals surface area contributed by atoms with Crippen molar-refractivity contribution >= 4 is 17.6 Å². The lowest BCUT2D eigenvalue weighted by Crippen LogP contribution is -2.47. The molecule has 31 heavy (non-hydrogen) atoms. The number of nitrogens with one attached hydrogen (secondary N) is 1. The molecule has 3 aromatic rings. The minimum absolute atomic E-state index is 0.197. The Hall–Kier alpha value is -3.03. The molecule has 2 aromatic carbocycles. The fourth-order valence-corrected chi connectivity index (χ4v) is 3.75. The molecule has 0 amide bonds. The minimum Gasteiger partial charge on any atom is -0.395 e. The summed E-state index contributed by atoms with van der Waals surface area (Å²) in [5.41, 5.74) is 4.81. The molecule has 2 N–H and O–H groups in total. The summed E-state index contributed by atoms with van der Waals surface area (Å²) < 4.78 is 0. The third kappa shape index (κ3) is 5.77. The van der Waals surface area contributed by atoms with Crippen LogP contribution in [0.15, 0.2) is 48.5 Å². The van der Waals surface area contributed by atoms with Crippen molar-refractivity contribution in [3.63, 3.8) is 0 Å². The minimum atomic E-state index is 0.197. The Morgan fingerprint density at radius 3 is 2.13 bits per heavy atom. The van der Waals surface area contributed by atoms with Crippen molar-refractivity contribution in [2.75, 3.05) is 49.5 Å². The van der Waals surface area contributed by atoms with Crippen LogP contribution in [-0.2, 0) is 6.42 Å². The van der Waals surface area contributed by atoms with Crippen LogP contribution >= 0.6 is 0 Å². The van der Waals surface area contributed by atoms with E-state index >= 15 is 0 Å². The molecule has 4 rings (SSSR count). The lowest BCUT2D eigenvalue weighted by Gasteiger charge is -2.34. The molecule has 162 valence electrons. The SMILES string of the molecule is Cc1ccc(Cc2ccc(Nc3nc(C)nc(N4CCN(CCO)CC4)n3)cc2)cc1. The number of piperazine rings is 1. The Morgan fingerprint density at radius 2 is 1.48 bits per heavy atom. The normalized spacial score (nSPS) is 14.6. The predicted molar refractivity (Wildman–Crippen MR) is 124 cm³/mol. The highest BCUT2D eigenvalue weighted by molar-refractivity contribution is 5.55. The number of aliphatic hydroxyl groups excluding tert-OH is 1. The zero-order chi connectivity index (χ0) is 21.6. The van der Waals surface area contributed by atoms with Crippen LogP contribution in [0.4, 0.5) is 17.6 Å². The van der Waals surface area contributed by atoms with Crippen molar-refractivity contribution < 1.29 is 5.11 Å². The molecule has 0 radical (unpaired) electrons. The maximum absolute atomic E-state index is 9.12. The highest BCUT2D eigenvalue weighted by Gasteiger charge is 2.19. The van der Waals surface area contributed by atoms with Gasteiger partial charge in [0.2, 0.25) is 11.9 Å². The van der Waals surface area contributed by atoms with E-state index in [1.807, 2.05) is 6.92 Å². The van der Waals surface area contributed by atoms with E-state index < -0.39 is 0 Å². The molecule has 0 saturated carbocycles. The molecule has 0 spiro atoms. The molecule has 2 heterocycles. The van der Waals surface area contributed by atoms with Crippen LogP contribution < -0.4 is 10.2 Å². The summed E-state index contributed by atoms with van der Waals surface area (Å²) in [6.07, 6.45) is 0.915. The zero-order valence-corrected chi connectivity index (χ0v) is 18.3. The molecule has 1 saturated heterocycles. The Balaban J connectivity index is 1.40. The fourth-order valence-electron chi connectivity index (χ4n) is 3.75. The zero-order valence-electron chi connectivity index (χ0n) is 18.3. The van der Waals surface area contributed by atoms with Crippen LogP contribution in [0.2, 0.25) is 0 Å². The number of anilines is 3. The number of aromatic nitrogens is 3. The lowest BCUT2D eigenvalue weighted by atomic mass is 10.0. The van der Waals surface area contributed by atoms with E-state index in [0.717, 1.165) is 44.8 Å². The van der Waals surface area contributed by atoms with Gasteiger partial charge in [-0.05, 0) is 43.5 Å². The molecular formula is C24H30N6O. The van der Waals surface area contributed by atoms with Gasteiger partial charge in [0.1, 0.15) is 5.82 Å². The highest BCUT2D eigenvalue weighted by atomic mass is 16.3. The maximum atomic E-state index is 9.12. The van der Waals surface area contributed by atoms with Crippen LogP contribution in [0.1, 0.15) is 22.5 Å². The van der Waals surface area contributed by atoms with Crippen molar-refractivity contribution in [3.8, 4) is 0 Å². The largest absolute Gasteiger partial charge is 0.395 e. The quantitative estimate of drug-likeness (QED) is 0.611. The van der Waals surface area contributed by atoms with E-state index in [0.29, 0.717) is 17.7 Å². The Kier molecular flexibility index (Phi) is 6.74. The molecule has 0 atom stereocenters. The summed E-state index contributed by atoms with van der Waals surface area (Å²) in [5, 5.41) is 12.4. The fraction of sp³-hybridized carbons (Fsp3) is 0.375. The number of β-amino-alcohol motifs (C(OH)–C–C–N with tert-alkyl or cyclic N) is 1. The molecule has 7 nitrogen and oxygen atoms in total. The number of nitrogens with zero attached hydrogens (tertiary/aromatic N) is 5. The number of aryl methyl sites for hydroxylation is 2. The van der Waals surface area contributed by atoms with Crippen LogP contribution in [0.25, 0.3) is 0 Å². The van der Waals surface area contributed by atoms with Gasteiger partial charge in [0.05, 0.1) is 6.61 Å². The van der Waals surface area contributed by atoms with Gasteiger partial charge >= 0.3 is 0 Å².